The van der Waals surface area contributed by atoms with Gasteiger partial charge in [-0.25, -0.2) is 4.79 Å². The molecule has 1 unspecified atom stereocenters. The number of piperidine rings is 1. The van der Waals surface area contributed by atoms with Crippen LogP contribution in [0.4, 0.5) is 0 Å². The molecular formula is C12H14ClNO2. The van der Waals surface area contributed by atoms with E-state index in [1.807, 2.05) is 0 Å². The molecule has 1 saturated heterocycles. The summed E-state index contributed by atoms with van der Waals surface area (Å²) in [6.07, 6.45) is 2.10. The van der Waals surface area contributed by atoms with Crippen LogP contribution in [0.5, 0.6) is 0 Å². The molecule has 0 bridgehead atoms. The van der Waals surface area contributed by atoms with Crippen LogP contribution in [0.3, 0.4) is 0 Å². The van der Waals surface area contributed by atoms with Crippen molar-refractivity contribution in [3.05, 3.63) is 34.3 Å². The lowest BCUT2D eigenvalue weighted by Gasteiger charge is -2.24. The van der Waals surface area contributed by atoms with Crippen LogP contribution in [0, 0.1) is 0 Å². The Morgan fingerprint density at radius 1 is 1.50 bits per heavy atom. The summed E-state index contributed by atoms with van der Waals surface area (Å²) in [5.74, 6) is -0.615. The Morgan fingerprint density at radius 2 is 2.31 bits per heavy atom. The van der Waals surface area contributed by atoms with E-state index in [1.165, 1.54) is 0 Å². The predicted octanol–water partition coefficient (Wildman–Crippen LogP) is 2.51. The van der Waals surface area contributed by atoms with Crippen LogP contribution in [0.25, 0.3) is 0 Å². The molecule has 0 aliphatic carbocycles. The fourth-order valence-electron chi connectivity index (χ4n) is 2.18. The fraction of sp³-hybridized carbons (Fsp3) is 0.417. The van der Waals surface area contributed by atoms with Gasteiger partial charge >= 0.3 is 5.97 Å². The molecule has 0 amide bonds. The molecule has 86 valence electrons. The third-order valence-electron chi connectivity index (χ3n) is 2.98. The van der Waals surface area contributed by atoms with Gasteiger partial charge in [-0.15, -0.1) is 0 Å². The topological polar surface area (TPSA) is 49.3 Å². The highest BCUT2D eigenvalue weighted by Gasteiger charge is 2.21. The van der Waals surface area contributed by atoms with Crippen molar-refractivity contribution in [3.63, 3.8) is 0 Å². The van der Waals surface area contributed by atoms with Crippen molar-refractivity contribution >= 4 is 17.6 Å². The molecule has 0 spiro atoms. The highest BCUT2D eigenvalue weighted by atomic mass is 35.5. The Kier molecular flexibility index (Phi) is 3.46. The number of halogens is 1. The monoisotopic (exact) mass is 239 g/mol. The average Bonchev–Trinajstić information content (AvgIpc) is 2.29. The van der Waals surface area contributed by atoms with Crippen LogP contribution in [0.1, 0.15) is 34.7 Å². The van der Waals surface area contributed by atoms with E-state index in [2.05, 4.69) is 5.32 Å². The number of carboxylic acid groups (broad SMARTS) is 1. The molecule has 1 fully saturated rings. The minimum Gasteiger partial charge on any atom is -0.478 e. The second kappa shape index (κ2) is 4.85. The number of rotatable bonds is 2. The van der Waals surface area contributed by atoms with E-state index in [1.54, 1.807) is 18.2 Å². The Balaban J connectivity index is 2.36. The molecule has 0 saturated carbocycles. The number of nitrogens with one attached hydrogen (secondary N) is 1. The molecule has 3 nitrogen and oxygen atoms in total. The largest absolute Gasteiger partial charge is 0.478 e. The SMILES string of the molecule is O=C(O)c1ccc(Cl)cc1C1CCCNC1. The number of benzene rings is 1. The minimum absolute atomic E-state index is 0.263. The van der Waals surface area contributed by atoms with Crippen LogP contribution < -0.4 is 5.32 Å². The van der Waals surface area contributed by atoms with Crippen LogP contribution in [-0.4, -0.2) is 24.2 Å². The zero-order valence-electron chi connectivity index (χ0n) is 8.87. The van der Waals surface area contributed by atoms with E-state index >= 15 is 0 Å². The van der Waals surface area contributed by atoms with Crippen molar-refractivity contribution in [3.8, 4) is 0 Å². The van der Waals surface area contributed by atoms with E-state index in [4.69, 9.17) is 16.7 Å². The summed E-state index contributed by atoms with van der Waals surface area (Å²) < 4.78 is 0. The van der Waals surface area contributed by atoms with E-state index in [9.17, 15) is 4.79 Å². The standard InChI is InChI=1S/C12H14ClNO2/c13-9-3-4-10(12(15)16)11(6-9)8-2-1-5-14-7-8/h3-4,6,8,14H,1-2,5,7H2,(H,15,16). The first-order valence-electron chi connectivity index (χ1n) is 5.42. The number of hydrogen-bond donors (Lipinski definition) is 2. The molecule has 2 rings (SSSR count). The first kappa shape index (κ1) is 11.4. The minimum atomic E-state index is -0.878. The summed E-state index contributed by atoms with van der Waals surface area (Å²) in [6, 6.07) is 5.00. The van der Waals surface area contributed by atoms with Crippen molar-refractivity contribution in [1.82, 2.24) is 5.32 Å². The molecule has 1 aliphatic rings. The highest BCUT2D eigenvalue weighted by molar-refractivity contribution is 6.30. The fourth-order valence-corrected chi connectivity index (χ4v) is 2.36. The van der Waals surface area contributed by atoms with Crippen molar-refractivity contribution in [2.24, 2.45) is 0 Å². The first-order valence-corrected chi connectivity index (χ1v) is 5.79. The van der Waals surface area contributed by atoms with Gasteiger partial charge < -0.3 is 10.4 Å². The molecule has 1 aliphatic heterocycles. The maximum absolute atomic E-state index is 11.1. The van der Waals surface area contributed by atoms with Crippen LogP contribution in [-0.2, 0) is 0 Å². The molecule has 4 heteroatoms. The smallest absolute Gasteiger partial charge is 0.335 e. The van der Waals surface area contributed by atoms with E-state index < -0.39 is 5.97 Å². The summed E-state index contributed by atoms with van der Waals surface area (Å²) in [4.78, 5) is 11.1. The molecule has 16 heavy (non-hydrogen) atoms. The maximum atomic E-state index is 11.1. The van der Waals surface area contributed by atoms with E-state index in [0.717, 1.165) is 31.5 Å². The van der Waals surface area contributed by atoms with Gasteiger partial charge in [0.05, 0.1) is 5.56 Å². The van der Waals surface area contributed by atoms with E-state index in [-0.39, 0.29) is 5.92 Å². The zero-order chi connectivity index (χ0) is 11.5. The van der Waals surface area contributed by atoms with Gasteiger partial charge in [-0.05, 0) is 49.1 Å². The Labute approximate surface area is 99.4 Å². The first-order chi connectivity index (χ1) is 7.68. The highest BCUT2D eigenvalue weighted by Crippen LogP contribution is 2.28. The van der Waals surface area contributed by atoms with Crippen LogP contribution >= 0.6 is 11.6 Å². The van der Waals surface area contributed by atoms with Gasteiger partial charge in [0, 0.05) is 11.6 Å². The third kappa shape index (κ3) is 2.36. The van der Waals surface area contributed by atoms with Gasteiger partial charge in [-0.2, -0.15) is 0 Å². The Hall–Kier alpha value is -1.06. The lowest BCUT2D eigenvalue weighted by molar-refractivity contribution is 0.0695. The summed E-state index contributed by atoms with van der Waals surface area (Å²) >= 11 is 5.93. The third-order valence-corrected chi connectivity index (χ3v) is 3.22. The van der Waals surface area contributed by atoms with Crippen LogP contribution in [0.2, 0.25) is 5.02 Å². The molecule has 0 radical (unpaired) electrons. The van der Waals surface area contributed by atoms with Crippen molar-refractivity contribution < 1.29 is 9.90 Å². The Bertz CT molecular complexity index is 400. The second-order valence-corrected chi connectivity index (χ2v) is 4.52. The summed E-state index contributed by atoms with van der Waals surface area (Å²) in [6.45, 7) is 1.85. The van der Waals surface area contributed by atoms with Crippen LogP contribution in [0.15, 0.2) is 18.2 Å². The summed E-state index contributed by atoms with van der Waals surface area (Å²) in [5.41, 5.74) is 1.23. The molecular weight excluding hydrogens is 226 g/mol. The lowest BCUT2D eigenvalue weighted by atomic mass is 9.88. The quantitative estimate of drug-likeness (QED) is 0.834. The van der Waals surface area contributed by atoms with E-state index in [0.29, 0.717) is 10.6 Å². The number of carboxylic acids is 1. The number of aromatic carboxylic acids is 1. The van der Waals surface area contributed by atoms with Gasteiger partial charge in [0.15, 0.2) is 0 Å². The van der Waals surface area contributed by atoms with Gasteiger partial charge in [0.25, 0.3) is 0 Å². The average molecular weight is 240 g/mol. The van der Waals surface area contributed by atoms with Gasteiger partial charge in [-0.3, -0.25) is 0 Å². The molecule has 1 aromatic carbocycles. The molecule has 1 aromatic rings. The zero-order valence-corrected chi connectivity index (χ0v) is 9.63. The van der Waals surface area contributed by atoms with Gasteiger partial charge in [-0.1, -0.05) is 11.6 Å². The molecule has 0 aromatic heterocycles. The van der Waals surface area contributed by atoms with Gasteiger partial charge in [0.1, 0.15) is 0 Å². The number of carbonyl (C=O) groups is 1. The Morgan fingerprint density at radius 3 is 2.94 bits per heavy atom. The van der Waals surface area contributed by atoms with Crippen molar-refractivity contribution in [2.75, 3.05) is 13.1 Å². The maximum Gasteiger partial charge on any atom is 0.335 e. The van der Waals surface area contributed by atoms with Crippen molar-refractivity contribution in [1.29, 1.82) is 0 Å². The lowest BCUT2D eigenvalue weighted by Crippen LogP contribution is -2.29. The summed E-state index contributed by atoms with van der Waals surface area (Å²) in [7, 11) is 0. The molecule has 1 heterocycles. The molecule has 2 N–H and O–H groups in total. The normalized spacial score (nSPS) is 20.7. The predicted molar refractivity (Wildman–Crippen MR) is 63.3 cm³/mol. The number of hydrogen-bond acceptors (Lipinski definition) is 2. The summed E-state index contributed by atoms with van der Waals surface area (Å²) in [5, 5.41) is 13.0. The molecule has 1 atom stereocenters. The van der Waals surface area contributed by atoms with Crippen molar-refractivity contribution in [2.45, 2.75) is 18.8 Å². The van der Waals surface area contributed by atoms with Gasteiger partial charge in [0.2, 0.25) is 0 Å². The second-order valence-electron chi connectivity index (χ2n) is 4.08.